The van der Waals surface area contributed by atoms with Gasteiger partial charge in [-0.05, 0) is 25.5 Å². The Bertz CT molecular complexity index is 465. The van der Waals surface area contributed by atoms with E-state index in [-0.39, 0.29) is 5.91 Å². The van der Waals surface area contributed by atoms with Crippen LogP contribution in [0.4, 0.5) is 10.6 Å². The minimum atomic E-state index is -0.640. The number of hydrogen-bond acceptors (Lipinski definition) is 5. The van der Waals surface area contributed by atoms with Crippen molar-refractivity contribution in [1.29, 1.82) is 0 Å². The fraction of sp³-hybridized carbons (Fsp3) is 0.462. The highest BCUT2D eigenvalue weighted by atomic mass is 16.5. The molecule has 0 aliphatic rings. The average Bonchev–Trinajstić information content (AvgIpc) is 2.44. The van der Waals surface area contributed by atoms with Gasteiger partial charge in [-0.15, -0.1) is 0 Å². The van der Waals surface area contributed by atoms with Crippen LogP contribution >= 0.6 is 0 Å². The van der Waals surface area contributed by atoms with Crippen molar-refractivity contribution in [2.45, 2.75) is 19.9 Å². The van der Waals surface area contributed by atoms with Crippen LogP contribution in [-0.4, -0.2) is 43.2 Å². The number of carbonyl (C=O) groups is 2. The fourth-order valence-corrected chi connectivity index (χ4v) is 1.49. The number of amides is 2. The Hall–Kier alpha value is -2.31. The lowest BCUT2D eigenvalue weighted by Crippen LogP contribution is -2.45. The maximum Gasteiger partial charge on any atom is 0.407 e. The number of nitrogens with zero attached hydrogens (tertiary/aromatic N) is 1. The number of ether oxygens (including phenoxy) is 1. The number of aromatic nitrogens is 1. The number of alkyl carbamates (subject to hydrolysis) is 1. The number of aryl methyl sites for hydroxylation is 1. The van der Waals surface area contributed by atoms with Crippen LogP contribution in [0.3, 0.4) is 0 Å². The Labute approximate surface area is 118 Å². The Kier molecular flexibility index (Phi) is 6.28. The van der Waals surface area contributed by atoms with Crippen LogP contribution < -0.4 is 16.0 Å². The third-order valence-corrected chi connectivity index (χ3v) is 2.64. The van der Waals surface area contributed by atoms with Gasteiger partial charge in [-0.2, -0.15) is 0 Å². The Morgan fingerprint density at radius 2 is 2.15 bits per heavy atom. The van der Waals surface area contributed by atoms with Gasteiger partial charge in [0.25, 0.3) is 0 Å². The molecule has 1 aromatic rings. The molecule has 0 aliphatic carbocycles. The summed E-state index contributed by atoms with van der Waals surface area (Å²) in [5, 5.41) is 8.21. The van der Waals surface area contributed by atoms with Crippen LogP contribution in [-0.2, 0) is 9.53 Å². The van der Waals surface area contributed by atoms with E-state index in [4.69, 9.17) is 0 Å². The van der Waals surface area contributed by atoms with E-state index >= 15 is 0 Å². The van der Waals surface area contributed by atoms with Crippen molar-refractivity contribution in [3.63, 3.8) is 0 Å². The SMILES string of the molecule is COC(=O)N[C@H](C)C(=O)NCCNc1ncccc1C. The van der Waals surface area contributed by atoms with Gasteiger partial charge >= 0.3 is 6.09 Å². The van der Waals surface area contributed by atoms with Crippen LogP contribution in [0, 0.1) is 6.92 Å². The highest BCUT2D eigenvalue weighted by Gasteiger charge is 2.14. The van der Waals surface area contributed by atoms with E-state index in [2.05, 4.69) is 25.7 Å². The molecule has 0 spiro atoms. The minimum absolute atomic E-state index is 0.269. The first-order valence-corrected chi connectivity index (χ1v) is 6.32. The maximum absolute atomic E-state index is 11.6. The van der Waals surface area contributed by atoms with Crippen LogP contribution in [0.25, 0.3) is 0 Å². The number of carbonyl (C=O) groups excluding carboxylic acids is 2. The molecule has 0 fully saturated rings. The lowest BCUT2D eigenvalue weighted by Gasteiger charge is -2.13. The molecule has 0 saturated heterocycles. The normalized spacial score (nSPS) is 11.3. The molecule has 0 radical (unpaired) electrons. The van der Waals surface area contributed by atoms with Crippen molar-refractivity contribution in [2.75, 3.05) is 25.5 Å². The Morgan fingerprint density at radius 3 is 2.80 bits per heavy atom. The molecular weight excluding hydrogens is 260 g/mol. The Balaban J connectivity index is 2.25. The fourth-order valence-electron chi connectivity index (χ4n) is 1.49. The molecule has 0 unspecified atom stereocenters. The molecule has 1 aromatic heterocycles. The second-order valence-electron chi connectivity index (χ2n) is 4.24. The summed E-state index contributed by atoms with van der Waals surface area (Å²) >= 11 is 0. The number of nitrogens with one attached hydrogen (secondary N) is 3. The van der Waals surface area contributed by atoms with E-state index in [0.29, 0.717) is 13.1 Å². The molecule has 1 rings (SSSR count). The number of anilines is 1. The van der Waals surface area contributed by atoms with Crippen LogP contribution in [0.2, 0.25) is 0 Å². The van der Waals surface area contributed by atoms with Crippen molar-refractivity contribution < 1.29 is 14.3 Å². The smallest absolute Gasteiger partial charge is 0.407 e. The van der Waals surface area contributed by atoms with Gasteiger partial charge in [0.2, 0.25) is 5.91 Å². The summed E-state index contributed by atoms with van der Waals surface area (Å²) in [6.45, 7) is 4.52. The highest BCUT2D eigenvalue weighted by molar-refractivity contribution is 5.85. The van der Waals surface area contributed by atoms with Crippen molar-refractivity contribution in [2.24, 2.45) is 0 Å². The molecular formula is C13H20N4O3. The van der Waals surface area contributed by atoms with Crippen LogP contribution in [0.1, 0.15) is 12.5 Å². The number of hydrogen-bond donors (Lipinski definition) is 3. The predicted octanol–water partition coefficient (Wildman–Crippen LogP) is 0.663. The quantitative estimate of drug-likeness (QED) is 0.666. The van der Waals surface area contributed by atoms with E-state index in [1.165, 1.54) is 7.11 Å². The van der Waals surface area contributed by atoms with Crippen molar-refractivity contribution in [1.82, 2.24) is 15.6 Å². The van der Waals surface area contributed by atoms with E-state index in [1.807, 2.05) is 19.1 Å². The van der Waals surface area contributed by atoms with E-state index < -0.39 is 12.1 Å². The van der Waals surface area contributed by atoms with Crippen molar-refractivity contribution in [3.8, 4) is 0 Å². The van der Waals surface area contributed by atoms with Gasteiger partial charge in [-0.3, -0.25) is 4.79 Å². The number of methoxy groups -OCH3 is 1. The van der Waals surface area contributed by atoms with Gasteiger partial charge in [-0.25, -0.2) is 9.78 Å². The largest absolute Gasteiger partial charge is 0.453 e. The average molecular weight is 280 g/mol. The summed E-state index contributed by atoms with van der Waals surface area (Å²) in [7, 11) is 1.25. The molecule has 1 heterocycles. The molecule has 110 valence electrons. The van der Waals surface area contributed by atoms with Gasteiger partial charge in [-0.1, -0.05) is 6.07 Å². The lowest BCUT2D eigenvalue weighted by atomic mass is 10.3. The molecule has 0 aliphatic heterocycles. The topological polar surface area (TPSA) is 92.3 Å². The second kappa shape index (κ2) is 7.98. The summed E-state index contributed by atoms with van der Waals surface area (Å²) in [5.74, 6) is 0.525. The van der Waals surface area contributed by atoms with Gasteiger partial charge < -0.3 is 20.7 Å². The molecule has 0 bridgehead atoms. The van der Waals surface area contributed by atoms with E-state index in [0.717, 1.165) is 11.4 Å². The second-order valence-corrected chi connectivity index (χ2v) is 4.24. The zero-order chi connectivity index (χ0) is 15.0. The zero-order valence-electron chi connectivity index (χ0n) is 11.9. The molecule has 2 amide bonds. The molecule has 0 saturated carbocycles. The number of pyridine rings is 1. The summed E-state index contributed by atoms with van der Waals surface area (Å²) in [4.78, 5) is 26.8. The Morgan fingerprint density at radius 1 is 1.40 bits per heavy atom. The first-order valence-electron chi connectivity index (χ1n) is 6.32. The highest BCUT2D eigenvalue weighted by Crippen LogP contribution is 2.07. The predicted molar refractivity (Wildman–Crippen MR) is 75.5 cm³/mol. The molecule has 3 N–H and O–H groups in total. The van der Waals surface area contributed by atoms with Gasteiger partial charge in [0.1, 0.15) is 11.9 Å². The first kappa shape index (κ1) is 15.7. The summed E-state index contributed by atoms with van der Waals surface area (Å²) in [6.07, 6.45) is 1.07. The lowest BCUT2D eigenvalue weighted by molar-refractivity contribution is -0.122. The molecule has 7 heteroatoms. The summed E-state index contributed by atoms with van der Waals surface area (Å²) in [6, 6.07) is 3.18. The van der Waals surface area contributed by atoms with Gasteiger partial charge in [0.05, 0.1) is 7.11 Å². The third kappa shape index (κ3) is 5.13. The minimum Gasteiger partial charge on any atom is -0.453 e. The van der Waals surface area contributed by atoms with Gasteiger partial charge in [0.15, 0.2) is 0 Å². The standard InChI is InChI=1S/C13H20N4O3/c1-9-5-4-6-14-11(9)15-7-8-16-12(18)10(2)17-13(19)20-3/h4-6,10H,7-8H2,1-3H3,(H,14,15)(H,16,18)(H,17,19)/t10-/m1/s1. The maximum atomic E-state index is 11.6. The zero-order valence-corrected chi connectivity index (χ0v) is 11.9. The molecule has 20 heavy (non-hydrogen) atoms. The molecule has 7 nitrogen and oxygen atoms in total. The van der Waals surface area contributed by atoms with Crippen LogP contribution in [0.15, 0.2) is 18.3 Å². The summed E-state index contributed by atoms with van der Waals surface area (Å²) < 4.78 is 4.42. The van der Waals surface area contributed by atoms with E-state index in [1.54, 1.807) is 13.1 Å². The third-order valence-electron chi connectivity index (χ3n) is 2.64. The first-order chi connectivity index (χ1) is 9.54. The van der Waals surface area contributed by atoms with E-state index in [9.17, 15) is 9.59 Å². The van der Waals surface area contributed by atoms with Gasteiger partial charge in [0, 0.05) is 19.3 Å². The van der Waals surface area contributed by atoms with Crippen molar-refractivity contribution in [3.05, 3.63) is 23.9 Å². The monoisotopic (exact) mass is 280 g/mol. The van der Waals surface area contributed by atoms with Crippen molar-refractivity contribution >= 4 is 17.8 Å². The summed E-state index contributed by atoms with van der Waals surface area (Å²) in [5.41, 5.74) is 1.04. The van der Waals surface area contributed by atoms with Crippen LogP contribution in [0.5, 0.6) is 0 Å². The number of rotatable bonds is 6. The molecule has 1 atom stereocenters. The molecule has 0 aromatic carbocycles.